The van der Waals surface area contributed by atoms with Crippen molar-refractivity contribution < 1.29 is 39.8 Å². The molecule has 9 atom stereocenters. The average molecular weight is 667 g/mol. The fourth-order valence-corrected chi connectivity index (χ4v) is 11.9. The van der Waals surface area contributed by atoms with E-state index in [9.17, 15) is 21.4 Å². The summed E-state index contributed by atoms with van der Waals surface area (Å²) in [5, 5.41) is 0.486. The normalized spacial score (nSPS) is 34.7. The van der Waals surface area contributed by atoms with Gasteiger partial charge < -0.3 is 18.4 Å². The largest absolute Gasteiger partial charge is 0.378 e. The first-order chi connectivity index (χ1) is 22.0. The molecule has 0 radical (unpaired) electrons. The molecule has 9 unspecified atom stereocenters. The van der Waals surface area contributed by atoms with Gasteiger partial charge in [0.1, 0.15) is 9.79 Å². The number of ether oxygens (including phenoxy) is 3. The zero-order chi connectivity index (χ0) is 31.5. The van der Waals surface area contributed by atoms with Gasteiger partial charge in [-0.25, -0.2) is 0 Å². The molecule has 6 aliphatic heterocycles. The highest BCUT2D eigenvalue weighted by Crippen LogP contribution is 2.54. The van der Waals surface area contributed by atoms with Gasteiger partial charge in [0.05, 0.1) is 36.6 Å². The van der Waals surface area contributed by atoms with Crippen LogP contribution in [0.3, 0.4) is 0 Å². The number of hydrogen-bond donors (Lipinski definition) is 1. The van der Waals surface area contributed by atoms with Crippen LogP contribution in [0.25, 0.3) is 10.8 Å². The highest BCUT2D eigenvalue weighted by atomic mass is 32.2. The first-order valence-electron chi connectivity index (χ1n) is 16.6. The summed E-state index contributed by atoms with van der Waals surface area (Å²) >= 11 is 0. The Morgan fingerprint density at radius 2 is 1.20 bits per heavy atom. The highest BCUT2D eigenvalue weighted by molar-refractivity contribution is 7.87. The van der Waals surface area contributed by atoms with E-state index in [1.165, 1.54) is 6.07 Å². The lowest BCUT2D eigenvalue weighted by molar-refractivity contribution is 0.0996. The summed E-state index contributed by atoms with van der Waals surface area (Å²) in [6.45, 7) is 1.60. The van der Waals surface area contributed by atoms with Gasteiger partial charge in [-0.15, -0.1) is 0 Å². The smallest absolute Gasteiger partial charge is 0.339 e. The molecular formula is C35H38O9S2. The topological polar surface area (TPSA) is 125 Å². The molecule has 1 N–H and O–H groups in total. The van der Waals surface area contributed by atoms with Gasteiger partial charge >= 0.3 is 10.1 Å². The van der Waals surface area contributed by atoms with Crippen molar-refractivity contribution in [2.75, 3.05) is 0 Å². The minimum absolute atomic E-state index is 0.0498. The maximum absolute atomic E-state index is 14.9. The van der Waals surface area contributed by atoms with Crippen LogP contribution in [0.4, 0.5) is 0 Å². The van der Waals surface area contributed by atoms with Crippen molar-refractivity contribution in [2.45, 2.75) is 129 Å². The van der Waals surface area contributed by atoms with Crippen LogP contribution in [0, 0.1) is 6.92 Å². The molecular weight excluding hydrogens is 629 g/mol. The Morgan fingerprint density at radius 1 is 0.696 bits per heavy atom. The molecule has 6 bridgehead atoms. The van der Waals surface area contributed by atoms with Gasteiger partial charge in [0.25, 0.3) is 10.1 Å². The van der Waals surface area contributed by atoms with Gasteiger partial charge in [-0.05, 0) is 93.0 Å². The molecule has 244 valence electrons. The van der Waals surface area contributed by atoms with Crippen LogP contribution in [0.2, 0.25) is 0 Å². The first kappa shape index (κ1) is 29.6. The van der Waals surface area contributed by atoms with E-state index < -0.39 is 20.2 Å². The fourth-order valence-electron chi connectivity index (χ4n) is 9.59. The molecule has 3 aromatic rings. The maximum Gasteiger partial charge on any atom is 0.339 e. The molecule has 0 saturated carbocycles. The number of aryl methyl sites for hydroxylation is 1. The number of fused-ring (bicyclic) bond motifs is 7. The van der Waals surface area contributed by atoms with Crippen LogP contribution >= 0.6 is 0 Å². The third-order valence-corrected chi connectivity index (χ3v) is 13.8. The molecule has 0 aromatic heterocycles. The van der Waals surface area contributed by atoms with Crippen molar-refractivity contribution in [3.8, 4) is 5.75 Å². The van der Waals surface area contributed by atoms with Crippen LogP contribution in [0.1, 0.15) is 97.8 Å². The average Bonchev–Trinajstić information content (AvgIpc) is 3.89. The molecule has 11 heteroatoms. The first-order valence-corrected chi connectivity index (χ1v) is 19.5. The molecule has 6 fully saturated rings. The molecule has 0 aliphatic carbocycles. The predicted octanol–water partition coefficient (Wildman–Crippen LogP) is 6.27. The third kappa shape index (κ3) is 4.68. The standard InChI is InChI=1S/C35H38O9S2/c1-18-12-33(45(36,37)38)23-4-2-3-5-24(23)34(18)44-46(39,40)35-28(26-16-21-7-10-31(26)42-21)13-19(25-15-20-6-9-30(25)41-20)14-29(35)27-17-22-8-11-32(27)43-22/h2-5,12-14,20-22,25-27,30-32H,6-11,15-17H2,1H3,(H,36,37,38). The van der Waals surface area contributed by atoms with Crippen molar-refractivity contribution in [3.63, 3.8) is 0 Å². The zero-order valence-corrected chi connectivity index (χ0v) is 27.3. The second-order valence-electron chi connectivity index (χ2n) is 14.3. The van der Waals surface area contributed by atoms with Crippen molar-refractivity contribution in [1.29, 1.82) is 0 Å². The van der Waals surface area contributed by atoms with E-state index >= 15 is 0 Å². The van der Waals surface area contributed by atoms with E-state index in [1.54, 1.807) is 31.2 Å². The summed E-state index contributed by atoms with van der Waals surface area (Å²) in [4.78, 5) is -0.0765. The molecule has 0 spiro atoms. The van der Waals surface area contributed by atoms with Crippen molar-refractivity contribution in [1.82, 2.24) is 0 Å². The summed E-state index contributed by atoms with van der Waals surface area (Å²) in [7, 11) is -9.02. The Labute approximate surface area is 269 Å². The lowest BCUT2D eigenvalue weighted by Gasteiger charge is -2.30. The van der Waals surface area contributed by atoms with Crippen LogP contribution in [-0.4, -0.2) is 58.0 Å². The van der Waals surface area contributed by atoms with Gasteiger partial charge in [0.15, 0.2) is 5.75 Å². The van der Waals surface area contributed by atoms with Crippen LogP contribution in [-0.2, 0) is 34.4 Å². The fraction of sp³-hybridized carbons (Fsp3) is 0.543. The van der Waals surface area contributed by atoms with Crippen LogP contribution in [0.15, 0.2) is 52.3 Å². The lowest BCUT2D eigenvalue weighted by Crippen LogP contribution is -2.26. The molecule has 9 nitrogen and oxygen atoms in total. The lowest BCUT2D eigenvalue weighted by atomic mass is 9.76. The Bertz CT molecular complexity index is 1920. The number of benzene rings is 3. The zero-order valence-electron chi connectivity index (χ0n) is 25.6. The molecule has 6 saturated heterocycles. The van der Waals surface area contributed by atoms with E-state index in [-0.39, 0.29) is 75.3 Å². The highest BCUT2D eigenvalue weighted by Gasteiger charge is 2.49. The minimum atomic E-state index is -4.57. The van der Waals surface area contributed by atoms with Crippen LogP contribution in [0.5, 0.6) is 5.75 Å². The summed E-state index contributed by atoms with van der Waals surface area (Å²) in [6, 6.07) is 12.0. The monoisotopic (exact) mass is 666 g/mol. The van der Waals surface area contributed by atoms with Gasteiger partial charge in [0, 0.05) is 28.5 Å². The minimum Gasteiger partial charge on any atom is -0.378 e. The van der Waals surface area contributed by atoms with Gasteiger partial charge in [-0.3, -0.25) is 4.55 Å². The number of hydrogen-bond acceptors (Lipinski definition) is 8. The molecule has 46 heavy (non-hydrogen) atoms. The molecule has 6 aliphatic rings. The second kappa shape index (κ2) is 10.5. The summed E-state index contributed by atoms with van der Waals surface area (Å²) in [5.41, 5.74) is 2.96. The van der Waals surface area contributed by atoms with Gasteiger partial charge in [-0.2, -0.15) is 16.8 Å². The number of rotatable bonds is 7. The Kier molecular flexibility index (Phi) is 6.74. The van der Waals surface area contributed by atoms with Crippen LogP contribution < -0.4 is 4.18 Å². The SMILES string of the molecule is Cc1cc(S(=O)(=O)O)c2ccccc2c1OS(=O)(=O)c1c(C2CC3CCC2O3)cc(C2CC3CCC2O3)cc1C1CC2CCC1O2. The van der Waals surface area contributed by atoms with E-state index in [0.29, 0.717) is 10.9 Å². The van der Waals surface area contributed by atoms with E-state index in [0.717, 1.165) is 74.5 Å². The predicted molar refractivity (Wildman–Crippen MR) is 169 cm³/mol. The molecule has 6 heterocycles. The Balaban J connectivity index is 1.24. The van der Waals surface area contributed by atoms with E-state index in [4.69, 9.17) is 18.4 Å². The van der Waals surface area contributed by atoms with Gasteiger partial charge in [0.2, 0.25) is 0 Å². The quantitative estimate of drug-likeness (QED) is 0.230. The second-order valence-corrected chi connectivity index (χ2v) is 17.1. The third-order valence-electron chi connectivity index (χ3n) is 11.6. The Hall–Kier alpha value is -2.54. The van der Waals surface area contributed by atoms with Gasteiger partial charge in [-0.1, -0.05) is 36.4 Å². The molecule has 0 amide bonds. The van der Waals surface area contributed by atoms with Crippen molar-refractivity contribution >= 4 is 31.0 Å². The maximum atomic E-state index is 14.9. The molecule has 9 rings (SSSR count). The van der Waals surface area contributed by atoms with Crippen molar-refractivity contribution in [2.24, 2.45) is 0 Å². The Morgan fingerprint density at radius 3 is 1.65 bits per heavy atom. The molecule has 3 aromatic carbocycles. The summed E-state index contributed by atoms with van der Waals surface area (Å²) in [5.74, 6) is 0.111. The summed E-state index contributed by atoms with van der Waals surface area (Å²) < 4.78 is 89.4. The van der Waals surface area contributed by atoms with E-state index in [1.807, 2.05) is 0 Å². The van der Waals surface area contributed by atoms with E-state index in [2.05, 4.69) is 12.1 Å². The van der Waals surface area contributed by atoms with Crippen molar-refractivity contribution in [3.05, 3.63) is 64.7 Å². The summed E-state index contributed by atoms with van der Waals surface area (Å²) in [6.07, 6.45) is 8.86.